The van der Waals surface area contributed by atoms with Crippen molar-refractivity contribution in [3.8, 4) is 0 Å². The normalized spacial score (nSPS) is 12.7. The van der Waals surface area contributed by atoms with Gasteiger partial charge < -0.3 is 5.32 Å². The van der Waals surface area contributed by atoms with E-state index in [2.05, 4.69) is 51.8 Å². The van der Waals surface area contributed by atoms with E-state index in [0.29, 0.717) is 6.04 Å². The zero-order valence-electron chi connectivity index (χ0n) is 12.5. The van der Waals surface area contributed by atoms with E-state index in [1.54, 1.807) is 0 Å². The first kappa shape index (κ1) is 13.8. The highest BCUT2D eigenvalue weighted by Crippen LogP contribution is 2.19. The van der Waals surface area contributed by atoms with Gasteiger partial charge in [0.2, 0.25) is 0 Å². The first-order chi connectivity index (χ1) is 10.3. The van der Waals surface area contributed by atoms with Crippen LogP contribution in [0.2, 0.25) is 0 Å². The lowest BCUT2D eigenvalue weighted by Gasteiger charge is -2.15. The topological polar surface area (TPSA) is 42.7 Å². The lowest BCUT2D eigenvalue weighted by molar-refractivity contribution is 0.547. The second kappa shape index (κ2) is 6.06. The van der Waals surface area contributed by atoms with Crippen molar-refractivity contribution in [2.75, 3.05) is 7.05 Å². The average Bonchev–Trinajstić information content (AvgIpc) is 2.84. The molecule has 3 rings (SSSR count). The Morgan fingerprint density at radius 3 is 2.62 bits per heavy atom. The minimum absolute atomic E-state index is 0.366. The third kappa shape index (κ3) is 2.95. The minimum Gasteiger partial charge on any atom is -0.316 e. The molecular weight excluding hydrogens is 260 g/mol. The molecule has 2 heterocycles. The lowest BCUT2D eigenvalue weighted by atomic mass is 10.0. The number of aryl methyl sites for hydroxylation is 1. The van der Waals surface area contributed by atoms with Crippen molar-refractivity contribution >= 4 is 10.9 Å². The van der Waals surface area contributed by atoms with Crippen molar-refractivity contribution in [3.63, 3.8) is 0 Å². The zero-order chi connectivity index (χ0) is 14.7. The molecule has 4 nitrogen and oxygen atoms in total. The molecule has 0 spiro atoms. The Bertz CT molecular complexity index is 718. The number of pyridine rings is 1. The predicted molar refractivity (Wildman–Crippen MR) is 85.2 cm³/mol. The number of nitrogens with one attached hydrogen (secondary N) is 1. The maximum atomic E-state index is 4.68. The van der Waals surface area contributed by atoms with E-state index < -0.39 is 0 Å². The van der Waals surface area contributed by atoms with E-state index in [1.807, 2.05) is 31.2 Å². The van der Waals surface area contributed by atoms with Crippen LogP contribution in [0.1, 0.15) is 11.3 Å². The van der Waals surface area contributed by atoms with Crippen molar-refractivity contribution in [2.45, 2.75) is 18.9 Å². The molecule has 3 aromatic rings. The molecule has 0 aliphatic carbocycles. The lowest BCUT2D eigenvalue weighted by Crippen LogP contribution is -2.30. The Hall–Kier alpha value is -2.20. The highest BCUT2D eigenvalue weighted by atomic mass is 15.3. The van der Waals surface area contributed by atoms with Crippen LogP contribution >= 0.6 is 0 Å². The van der Waals surface area contributed by atoms with Gasteiger partial charge in [-0.2, -0.15) is 5.10 Å². The van der Waals surface area contributed by atoms with Crippen LogP contribution in [0.3, 0.4) is 0 Å². The van der Waals surface area contributed by atoms with Gasteiger partial charge in [0, 0.05) is 37.3 Å². The monoisotopic (exact) mass is 280 g/mol. The highest BCUT2D eigenvalue weighted by Gasteiger charge is 2.14. The molecule has 0 fully saturated rings. The van der Waals surface area contributed by atoms with Crippen LogP contribution < -0.4 is 5.32 Å². The van der Waals surface area contributed by atoms with Crippen molar-refractivity contribution in [1.29, 1.82) is 0 Å². The molecular formula is C17H20N4. The van der Waals surface area contributed by atoms with Crippen molar-refractivity contribution in [1.82, 2.24) is 20.1 Å². The second-order valence-corrected chi connectivity index (χ2v) is 5.34. The number of benzene rings is 1. The Balaban J connectivity index is 1.83. The Morgan fingerprint density at radius 1 is 1.10 bits per heavy atom. The molecule has 1 unspecified atom stereocenters. The van der Waals surface area contributed by atoms with Gasteiger partial charge in [-0.25, -0.2) is 0 Å². The SMILES string of the molecule is CNC(Cc1ccncc1)Cc1nn(C)c2ccccc12. The molecule has 1 N–H and O–H groups in total. The summed E-state index contributed by atoms with van der Waals surface area (Å²) in [5.41, 5.74) is 3.64. The minimum atomic E-state index is 0.366. The molecule has 108 valence electrons. The van der Waals surface area contributed by atoms with E-state index >= 15 is 0 Å². The fraction of sp³-hybridized carbons (Fsp3) is 0.294. The Morgan fingerprint density at radius 2 is 1.86 bits per heavy atom. The Kier molecular flexibility index (Phi) is 3.97. The smallest absolute Gasteiger partial charge is 0.0718 e. The Labute approximate surface area is 124 Å². The molecule has 0 amide bonds. The van der Waals surface area contributed by atoms with Crippen molar-refractivity contribution < 1.29 is 0 Å². The van der Waals surface area contributed by atoms with Gasteiger partial charge in [0.15, 0.2) is 0 Å². The summed E-state index contributed by atoms with van der Waals surface area (Å²) >= 11 is 0. The second-order valence-electron chi connectivity index (χ2n) is 5.34. The summed E-state index contributed by atoms with van der Waals surface area (Å²) in [6.45, 7) is 0. The van der Waals surface area contributed by atoms with Crippen LogP contribution in [0, 0.1) is 0 Å². The average molecular weight is 280 g/mol. The molecule has 2 aromatic heterocycles. The predicted octanol–water partition coefficient (Wildman–Crippen LogP) is 2.34. The van der Waals surface area contributed by atoms with Crippen LogP contribution in [0.25, 0.3) is 10.9 Å². The number of rotatable bonds is 5. The molecule has 1 atom stereocenters. The fourth-order valence-corrected chi connectivity index (χ4v) is 2.75. The molecule has 1 aromatic carbocycles. The van der Waals surface area contributed by atoms with Gasteiger partial charge in [0.05, 0.1) is 11.2 Å². The summed E-state index contributed by atoms with van der Waals surface area (Å²) in [6.07, 6.45) is 5.58. The van der Waals surface area contributed by atoms with Gasteiger partial charge in [0.25, 0.3) is 0 Å². The molecule has 4 heteroatoms. The summed E-state index contributed by atoms with van der Waals surface area (Å²) in [6, 6.07) is 12.9. The number of nitrogens with zero attached hydrogens (tertiary/aromatic N) is 3. The molecule has 0 radical (unpaired) electrons. The van der Waals surface area contributed by atoms with Crippen LogP contribution in [-0.2, 0) is 19.9 Å². The first-order valence-corrected chi connectivity index (χ1v) is 7.24. The molecule has 0 saturated heterocycles. The van der Waals surface area contributed by atoms with E-state index in [1.165, 1.54) is 16.5 Å². The molecule has 0 aliphatic heterocycles. The summed E-state index contributed by atoms with van der Waals surface area (Å²) < 4.78 is 1.96. The molecule has 0 aliphatic rings. The summed E-state index contributed by atoms with van der Waals surface area (Å²) in [5.74, 6) is 0. The fourth-order valence-electron chi connectivity index (χ4n) is 2.75. The summed E-state index contributed by atoms with van der Waals surface area (Å²) in [4.78, 5) is 4.07. The number of likely N-dealkylation sites (N-methyl/N-ethyl adjacent to an activating group) is 1. The number of para-hydroxylation sites is 1. The maximum Gasteiger partial charge on any atom is 0.0718 e. The van der Waals surface area contributed by atoms with Gasteiger partial charge in [-0.05, 0) is 37.2 Å². The summed E-state index contributed by atoms with van der Waals surface area (Å²) in [5, 5.41) is 9.33. The molecule has 0 saturated carbocycles. The first-order valence-electron chi connectivity index (χ1n) is 7.24. The largest absolute Gasteiger partial charge is 0.316 e. The molecule has 21 heavy (non-hydrogen) atoms. The zero-order valence-corrected chi connectivity index (χ0v) is 12.5. The van der Waals surface area contributed by atoms with Crippen molar-refractivity contribution in [3.05, 3.63) is 60.0 Å². The van der Waals surface area contributed by atoms with E-state index in [4.69, 9.17) is 0 Å². The highest BCUT2D eigenvalue weighted by molar-refractivity contribution is 5.81. The van der Waals surface area contributed by atoms with Crippen molar-refractivity contribution in [2.24, 2.45) is 7.05 Å². The van der Waals surface area contributed by atoms with Gasteiger partial charge in [-0.1, -0.05) is 18.2 Å². The summed E-state index contributed by atoms with van der Waals surface area (Å²) in [7, 11) is 4.01. The number of hydrogen-bond donors (Lipinski definition) is 1. The maximum absolute atomic E-state index is 4.68. The van der Waals surface area contributed by atoms with E-state index in [9.17, 15) is 0 Å². The quantitative estimate of drug-likeness (QED) is 0.780. The number of fused-ring (bicyclic) bond motifs is 1. The third-order valence-electron chi connectivity index (χ3n) is 3.91. The van der Waals surface area contributed by atoms with E-state index in [0.717, 1.165) is 18.5 Å². The van der Waals surface area contributed by atoms with Gasteiger partial charge >= 0.3 is 0 Å². The van der Waals surface area contributed by atoms with Crippen LogP contribution in [0.5, 0.6) is 0 Å². The van der Waals surface area contributed by atoms with Crippen LogP contribution in [0.4, 0.5) is 0 Å². The van der Waals surface area contributed by atoms with Crippen LogP contribution in [-0.4, -0.2) is 27.9 Å². The number of aromatic nitrogens is 3. The van der Waals surface area contributed by atoms with Crippen LogP contribution in [0.15, 0.2) is 48.8 Å². The molecule has 0 bridgehead atoms. The van der Waals surface area contributed by atoms with Gasteiger partial charge in [0.1, 0.15) is 0 Å². The standard InChI is InChI=1S/C17H20N4/c1-18-14(11-13-7-9-19-10-8-13)12-16-15-5-3-4-6-17(15)21(2)20-16/h3-10,14,18H,11-12H2,1-2H3. The van der Waals surface area contributed by atoms with Gasteiger partial charge in [-0.15, -0.1) is 0 Å². The number of hydrogen-bond acceptors (Lipinski definition) is 3. The van der Waals surface area contributed by atoms with E-state index in [-0.39, 0.29) is 0 Å². The third-order valence-corrected chi connectivity index (χ3v) is 3.91. The van der Waals surface area contributed by atoms with Gasteiger partial charge in [-0.3, -0.25) is 9.67 Å².